The van der Waals surface area contributed by atoms with Gasteiger partial charge in [-0.25, -0.2) is 14.8 Å². The van der Waals surface area contributed by atoms with Crippen LogP contribution in [-0.4, -0.2) is 173 Å². The Balaban J connectivity index is 0.853. The molecule has 2 aromatic heterocycles. The lowest BCUT2D eigenvalue weighted by molar-refractivity contribution is -0.137. The highest BCUT2D eigenvalue weighted by molar-refractivity contribution is 6.13. The highest BCUT2D eigenvalue weighted by Gasteiger charge is 2.29. The van der Waals surface area contributed by atoms with Gasteiger partial charge in [0.05, 0.1) is 102 Å². The highest BCUT2D eigenvalue weighted by atomic mass is 16.6. The molecule has 0 radical (unpaired) electrons. The number of carbonyl (C=O) groups excluding carboxylic acids is 7. The van der Waals surface area contributed by atoms with Gasteiger partial charge in [-0.15, -0.1) is 0 Å². The van der Waals surface area contributed by atoms with E-state index in [9.17, 15) is 33.6 Å². The van der Waals surface area contributed by atoms with Crippen LogP contribution < -0.4 is 52.4 Å². The fourth-order valence-corrected chi connectivity index (χ4v) is 7.96. The predicted octanol–water partition coefficient (Wildman–Crippen LogP) is 2.58. The molecule has 6 rings (SSSR count). The average Bonchev–Trinajstić information content (AvgIpc) is 3.83. The largest absolute Gasteiger partial charge is 0.494 e. The molecule has 0 fully saturated rings. The van der Waals surface area contributed by atoms with E-state index >= 15 is 0 Å². The van der Waals surface area contributed by atoms with Crippen molar-refractivity contribution in [3.05, 3.63) is 90.5 Å². The van der Waals surface area contributed by atoms with Crippen molar-refractivity contribution in [2.75, 3.05) is 121 Å². The normalized spacial score (nSPS) is 13.8. The van der Waals surface area contributed by atoms with Crippen LogP contribution >= 0.6 is 0 Å². The SMILES string of the molecule is CC(C)[C@H](NC(=O)CCOCCOCCOCCOCCN1C(=O)C=CC1=O)C(=O)NC(CCCN)C(=O)Nc1ccc(COC(=O)NCCCOc2ccc3c(c2)-c2cnc(N)c(n2)C(=O)Nc2cnccc2N(C)CCO3)cc1. The molecule has 26 nitrogen and oxygen atoms in total. The van der Waals surface area contributed by atoms with Gasteiger partial charge < -0.3 is 76.1 Å². The number of nitrogens with zero attached hydrogens (tertiary/aromatic N) is 5. The number of likely N-dealkylation sites (N-methyl/N-ethyl adjacent to an activating group) is 1. The van der Waals surface area contributed by atoms with Crippen LogP contribution in [0.5, 0.6) is 11.5 Å². The summed E-state index contributed by atoms with van der Waals surface area (Å²) in [5.41, 5.74) is 15.0. The molecule has 436 valence electrons. The minimum atomic E-state index is -0.952. The van der Waals surface area contributed by atoms with Crippen molar-refractivity contribution in [1.82, 2.24) is 35.8 Å². The van der Waals surface area contributed by atoms with Gasteiger partial charge in [-0.3, -0.25) is 38.7 Å². The maximum Gasteiger partial charge on any atom is 0.407 e. The van der Waals surface area contributed by atoms with E-state index in [1.807, 2.05) is 11.9 Å². The van der Waals surface area contributed by atoms with Gasteiger partial charge in [0.1, 0.15) is 36.8 Å². The van der Waals surface area contributed by atoms with Crippen LogP contribution in [0.1, 0.15) is 55.6 Å². The van der Waals surface area contributed by atoms with Crippen molar-refractivity contribution in [1.29, 1.82) is 0 Å². The number of nitrogens with one attached hydrogen (secondary N) is 5. The molecular weight excluding hydrogens is 1050 g/mol. The number of hydrogen-bond acceptors (Lipinski definition) is 20. The van der Waals surface area contributed by atoms with E-state index in [4.69, 9.17) is 44.6 Å². The van der Waals surface area contributed by atoms with Gasteiger partial charge in [-0.2, -0.15) is 0 Å². The van der Waals surface area contributed by atoms with Crippen molar-refractivity contribution in [3.8, 4) is 22.8 Å². The first-order valence-corrected chi connectivity index (χ1v) is 26.6. The van der Waals surface area contributed by atoms with Crippen LogP contribution in [0.25, 0.3) is 11.3 Å². The molecule has 9 N–H and O–H groups in total. The van der Waals surface area contributed by atoms with Gasteiger partial charge in [-0.05, 0) is 73.7 Å². The fourth-order valence-electron chi connectivity index (χ4n) is 7.96. The van der Waals surface area contributed by atoms with Crippen molar-refractivity contribution >= 4 is 64.4 Å². The van der Waals surface area contributed by atoms with E-state index in [-0.39, 0.29) is 101 Å². The van der Waals surface area contributed by atoms with E-state index in [0.29, 0.717) is 92.1 Å². The highest BCUT2D eigenvalue weighted by Crippen LogP contribution is 2.34. The minimum Gasteiger partial charge on any atom is -0.494 e. The van der Waals surface area contributed by atoms with Crippen LogP contribution in [0.15, 0.2) is 79.3 Å². The first-order valence-electron chi connectivity index (χ1n) is 26.6. The van der Waals surface area contributed by atoms with Crippen molar-refractivity contribution in [2.24, 2.45) is 11.7 Å². The zero-order valence-electron chi connectivity index (χ0n) is 45.8. The molecule has 26 heteroatoms. The molecule has 7 amide bonds. The van der Waals surface area contributed by atoms with Gasteiger partial charge in [0.25, 0.3) is 17.7 Å². The lowest BCUT2D eigenvalue weighted by atomic mass is 10.0. The summed E-state index contributed by atoms with van der Waals surface area (Å²) in [6, 6.07) is 11.8. The molecule has 0 spiro atoms. The molecule has 0 saturated heterocycles. The third-order valence-electron chi connectivity index (χ3n) is 12.4. The summed E-state index contributed by atoms with van der Waals surface area (Å²) in [6.07, 6.45) is 7.58. The standard InChI is InChI=1S/C55H72N12O14/c1-36(2)49(65-46(68)16-23-75-26-28-77-30-31-78-29-27-76-24-21-67-47(69)13-14-48(67)70)53(72)63-41(6-4-17-56)52(71)61-38-9-7-37(8-10-38)35-81-55(74)59-18-5-22-79-39-11-12-45-40(32-39)42-34-60-51(57)50(62-42)54(73)64-43-33-58-19-15-44(43)66(3)20-25-80-45/h7-15,19,32-34,36,41,49H,4-6,16-18,20-31,35,56H2,1-3H3,(H2,57,60)(H,59,74)(H,61,71)(H,63,72)(H,64,73)(H,65,68)/t41?,49-/m0/s1. The second-order valence-corrected chi connectivity index (χ2v) is 18.8. The van der Waals surface area contributed by atoms with Gasteiger partial charge in [0, 0.05) is 49.6 Å². The summed E-state index contributed by atoms with van der Waals surface area (Å²) in [5, 5.41) is 13.9. The fraction of sp³-hybridized carbons (Fsp3) is 0.455. The molecule has 2 aliphatic heterocycles. The number of nitrogen functional groups attached to an aromatic ring is 1. The third kappa shape index (κ3) is 20.1. The van der Waals surface area contributed by atoms with E-state index in [0.717, 1.165) is 10.6 Å². The van der Waals surface area contributed by atoms with Crippen LogP contribution in [0.3, 0.4) is 0 Å². The quantitative estimate of drug-likeness (QED) is 0.0281. The number of hydrogen-bond donors (Lipinski definition) is 7. The van der Waals surface area contributed by atoms with Crippen LogP contribution in [0.2, 0.25) is 0 Å². The average molecular weight is 1130 g/mol. The van der Waals surface area contributed by atoms with E-state index in [1.165, 1.54) is 18.3 Å². The molecular formula is C55H72N12O14. The molecule has 81 heavy (non-hydrogen) atoms. The van der Waals surface area contributed by atoms with Crippen LogP contribution in [0.4, 0.5) is 27.7 Å². The number of amides is 7. The smallest absolute Gasteiger partial charge is 0.407 e. The Bertz CT molecular complexity index is 2770. The van der Waals surface area contributed by atoms with Crippen LogP contribution in [-0.2, 0) is 54.3 Å². The van der Waals surface area contributed by atoms with Crippen molar-refractivity contribution in [2.45, 2.75) is 58.2 Å². The number of rotatable bonds is 31. The maximum absolute atomic E-state index is 13.5. The van der Waals surface area contributed by atoms with E-state index < -0.39 is 41.8 Å². The lowest BCUT2D eigenvalue weighted by Crippen LogP contribution is -2.54. The second-order valence-electron chi connectivity index (χ2n) is 18.8. The zero-order valence-corrected chi connectivity index (χ0v) is 45.8. The summed E-state index contributed by atoms with van der Waals surface area (Å²) in [4.78, 5) is 105. The summed E-state index contributed by atoms with van der Waals surface area (Å²) in [5.74, 6) is -2.01. The molecule has 0 aliphatic carbocycles. The number of benzene rings is 2. The zero-order chi connectivity index (χ0) is 57.9. The Morgan fingerprint density at radius 1 is 0.827 bits per heavy atom. The van der Waals surface area contributed by atoms with E-state index in [2.05, 4.69) is 41.5 Å². The number of anilines is 4. The van der Waals surface area contributed by atoms with Gasteiger partial charge in [0.15, 0.2) is 11.5 Å². The topological polar surface area (TPSA) is 341 Å². The van der Waals surface area contributed by atoms with Crippen LogP contribution in [0, 0.1) is 5.92 Å². The summed E-state index contributed by atoms with van der Waals surface area (Å²) in [6.45, 7) is 7.34. The molecule has 4 heterocycles. The minimum absolute atomic E-state index is 0.00552. The number of aromatic nitrogens is 3. The van der Waals surface area contributed by atoms with Gasteiger partial charge >= 0.3 is 6.09 Å². The first kappa shape index (κ1) is 61.9. The maximum atomic E-state index is 13.5. The van der Waals surface area contributed by atoms with Crippen molar-refractivity contribution < 1.29 is 66.7 Å². The summed E-state index contributed by atoms with van der Waals surface area (Å²) >= 11 is 0. The Hall–Kier alpha value is -8.30. The van der Waals surface area contributed by atoms with Gasteiger partial charge in [-0.1, -0.05) is 26.0 Å². The second kappa shape index (κ2) is 32.7. The number of nitrogens with two attached hydrogens (primary N) is 2. The molecule has 0 saturated carbocycles. The summed E-state index contributed by atoms with van der Waals surface area (Å²) in [7, 11) is 1.88. The molecule has 1 unspecified atom stereocenters. The van der Waals surface area contributed by atoms with Crippen molar-refractivity contribution in [3.63, 3.8) is 0 Å². The van der Waals surface area contributed by atoms with E-state index in [1.54, 1.807) is 74.8 Å². The Morgan fingerprint density at radius 3 is 2.23 bits per heavy atom. The number of fused-ring (bicyclic) bond motifs is 5. The molecule has 2 aromatic carbocycles. The summed E-state index contributed by atoms with van der Waals surface area (Å²) < 4.78 is 39.5. The Labute approximate surface area is 469 Å². The number of ether oxygens (including phenoxy) is 7. The number of pyridine rings is 1. The number of imide groups is 1. The molecule has 4 aromatic rings. The number of alkyl carbamates (subject to hydrolysis) is 1. The number of carbonyl (C=O) groups is 7. The molecule has 2 atom stereocenters. The monoisotopic (exact) mass is 1120 g/mol. The third-order valence-corrected chi connectivity index (χ3v) is 12.4. The first-order chi connectivity index (χ1) is 39.2. The Morgan fingerprint density at radius 2 is 1.53 bits per heavy atom. The predicted molar refractivity (Wildman–Crippen MR) is 297 cm³/mol. The lowest BCUT2D eigenvalue weighted by Gasteiger charge is -2.25. The molecule has 2 aliphatic rings. The Kier molecular flexibility index (Phi) is 25.0. The van der Waals surface area contributed by atoms with Gasteiger partial charge in [0.2, 0.25) is 17.7 Å². The molecule has 2 bridgehead atoms.